The summed E-state index contributed by atoms with van der Waals surface area (Å²) in [7, 11) is 0. The Morgan fingerprint density at radius 2 is 2.06 bits per heavy atom. The highest BCUT2D eigenvalue weighted by Gasteiger charge is 2.12. The minimum atomic E-state index is -0.442. The summed E-state index contributed by atoms with van der Waals surface area (Å²) in [5, 5.41) is 20.8. The lowest BCUT2D eigenvalue weighted by molar-refractivity contribution is 0.154. The monoisotopic (exact) mass is 224 g/mol. The maximum Gasteiger partial charge on any atom is 0.119 e. The third kappa shape index (κ3) is 2.95. The van der Waals surface area contributed by atoms with Gasteiger partial charge in [-0.25, -0.2) is 0 Å². The van der Waals surface area contributed by atoms with Crippen molar-refractivity contribution in [2.75, 3.05) is 6.61 Å². The predicted molar refractivity (Wildman–Crippen MR) is 60.3 cm³/mol. The van der Waals surface area contributed by atoms with E-state index in [1.165, 1.54) is 0 Å². The highest BCUT2D eigenvalue weighted by atomic mass is 16.5. The number of rotatable bonds is 5. The Bertz CT molecular complexity index is 349. The van der Waals surface area contributed by atoms with Gasteiger partial charge >= 0.3 is 0 Å². The van der Waals surface area contributed by atoms with E-state index in [0.717, 1.165) is 11.3 Å². The SMILES string of the molecule is CCOc1ccc(/C(=N/O)C(C)NO)cc1. The van der Waals surface area contributed by atoms with Gasteiger partial charge in [0.25, 0.3) is 0 Å². The second-order valence-electron chi connectivity index (χ2n) is 3.29. The van der Waals surface area contributed by atoms with E-state index in [-0.39, 0.29) is 0 Å². The number of benzene rings is 1. The standard InChI is InChI=1S/C11H16N2O3/c1-3-16-10-6-4-9(5-7-10)11(13-15)8(2)12-14/h4-8,12,14-15H,3H2,1-2H3/b13-11+. The zero-order chi connectivity index (χ0) is 12.0. The maximum atomic E-state index is 8.86. The van der Waals surface area contributed by atoms with Gasteiger partial charge in [0, 0.05) is 5.56 Å². The Balaban J connectivity index is 2.87. The number of nitrogens with one attached hydrogen (secondary N) is 1. The van der Waals surface area contributed by atoms with Crippen LogP contribution < -0.4 is 10.2 Å². The minimum Gasteiger partial charge on any atom is -0.494 e. The van der Waals surface area contributed by atoms with Crippen molar-refractivity contribution in [3.8, 4) is 5.75 Å². The van der Waals surface area contributed by atoms with E-state index in [1.54, 1.807) is 31.2 Å². The second-order valence-corrected chi connectivity index (χ2v) is 3.29. The van der Waals surface area contributed by atoms with Crippen LogP contribution in [0.25, 0.3) is 0 Å². The molecule has 1 aromatic rings. The van der Waals surface area contributed by atoms with Crippen molar-refractivity contribution in [3.05, 3.63) is 29.8 Å². The molecule has 16 heavy (non-hydrogen) atoms. The molecule has 5 heteroatoms. The predicted octanol–water partition coefficient (Wildman–Crippen LogP) is 1.63. The third-order valence-corrected chi connectivity index (χ3v) is 2.17. The summed E-state index contributed by atoms with van der Waals surface area (Å²) in [6, 6.07) is 6.67. The Kier molecular flexibility index (Phi) is 4.75. The van der Waals surface area contributed by atoms with Gasteiger partial charge in [0.2, 0.25) is 0 Å². The van der Waals surface area contributed by atoms with E-state index in [9.17, 15) is 0 Å². The van der Waals surface area contributed by atoms with Crippen LogP contribution >= 0.6 is 0 Å². The molecule has 0 saturated heterocycles. The molecule has 1 unspecified atom stereocenters. The van der Waals surface area contributed by atoms with Crippen molar-refractivity contribution in [1.29, 1.82) is 0 Å². The average molecular weight is 224 g/mol. The third-order valence-electron chi connectivity index (χ3n) is 2.17. The van der Waals surface area contributed by atoms with Crippen LogP contribution in [0.2, 0.25) is 0 Å². The zero-order valence-electron chi connectivity index (χ0n) is 9.34. The van der Waals surface area contributed by atoms with E-state index in [2.05, 4.69) is 5.16 Å². The molecule has 0 fully saturated rings. The van der Waals surface area contributed by atoms with E-state index in [1.807, 2.05) is 12.4 Å². The summed E-state index contributed by atoms with van der Waals surface area (Å²) in [4.78, 5) is 0. The molecule has 0 aliphatic rings. The van der Waals surface area contributed by atoms with E-state index >= 15 is 0 Å². The molecule has 0 aliphatic carbocycles. The topological polar surface area (TPSA) is 74.1 Å². The van der Waals surface area contributed by atoms with Crippen LogP contribution in [0.4, 0.5) is 0 Å². The van der Waals surface area contributed by atoms with E-state index in [4.69, 9.17) is 15.2 Å². The van der Waals surface area contributed by atoms with Crippen LogP contribution in [0.5, 0.6) is 5.75 Å². The fourth-order valence-electron chi connectivity index (χ4n) is 1.34. The summed E-state index contributed by atoms with van der Waals surface area (Å²) in [5.41, 5.74) is 3.12. The van der Waals surface area contributed by atoms with Crippen LogP contribution in [-0.4, -0.2) is 28.8 Å². The first kappa shape index (κ1) is 12.5. The smallest absolute Gasteiger partial charge is 0.119 e. The zero-order valence-corrected chi connectivity index (χ0v) is 9.34. The molecular formula is C11H16N2O3. The fourth-order valence-corrected chi connectivity index (χ4v) is 1.34. The summed E-state index contributed by atoms with van der Waals surface area (Å²) in [5.74, 6) is 0.758. The molecule has 0 spiro atoms. The summed E-state index contributed by atoms with van der Waals surface area (Å²) in [6.45, 7) is 4.20. The lowest BCUT2D eigenvalue weighted by Crippen LogP contribution is -2.32. The molecule has 88 valence electrons. The molecule has 0 radical (unpaired) electrons. The molecule has 1 atom stereocenters. The van der Waals surface area contributed by atoms with Crippen LogP contribution in [0, 0.1) is 0 Å². The molecular weight excluding hydrogens is 208 g/mol. The number of hydroxylamine groups is 1. The van der Waals surface area contributed by atoms with E-state index in [0.29, 0.717) is 12.3 Å². The van der Waals surface area contributed by atoms with Crippen molar-refractivity contribution in [2.45, 2.75) is 19.9 Å². The molecule has 0 amide bonds. The highest BCUT2D eigenvalue weighted by Crippen LogP contribution is 2.13. The molecule has 0 saturated carbocycles. The molecule has 0 heterocycles. The van der Waals surface area contributed by atoms with Crippen LogP contribution in [0.1, 0.15) is 19.4 Å². The Morgan fingerprint density at radius 1 is 1.44 bits per heavy atom. The van der Waals surface area contributed by atoms with Gasteiger partial charge < -0.3 is 15.2 Å². The summed E-state index contributed by atoms with van der Waals surface area (Å²) < 4.78 is 5.29. The lowest BCUT2D eigenvalue weighted by Gasteiger charge is -2.11. The van der Waals surface area contributed by atoms with Crippen LogP contribution in [0.15, 0.2) is 29.4 Å². The first-order valence-corrected chi connectivity index (χ1v) is 5.07. The summed E-state index contributed by atoms with van der Waals surface area (Å²) in [6.07, 6.45) is 0. The van der Waals surface area contributed by atoms with Crippen molar-refractivity contribution in [3.63, 3.8) is 0 Å². The van der Waals surface area contributed by atoms with Gasteiger partial charge in [-0.1, -0.05) is 5.16 Å². The molecule has 0 aliphatic heterocycles. The van der Waals surface area contributed by atoms with Crippen molar-refractivity contribution < 1.29 is 15.2 Å². The normalized spacial score (nSPS) is 13.6. The van der Waals surface area contributed by atoms with Gasteiger partial charge in [0.15, 0.2) is 0 Å². The number of oxime groups is 1. The second kappa shape index (κ2) is 6.09. The first-order chi connectivity index (χ1) is 7.72. The van der Waals surface area contributed by atoms with Gasteiger partial charge in [0.1, 0.15) is 11.5 Å². The molecule has 1 aromatic carbocycles. The number of hydrogen-bond acceptors (Lipinski definition) is 5. The quantitative estimate of drug-likeness (QED) is 0.404. The molecule has 5 nitrogen and oxygen atoms in total. The van der Waals surface area contributed by atoms with Gasteiger partial charge in [-0.15, -0.1) is 0 Å². The average Bonchev–Trinajstić information content (AvgIpc) is 2.32. The summed E-state index contributed by atoms with van der Waals surface area (Å²) >= 11 is 0. The largest absolute Gasteiger partial charge is 0.494 e. The number of nitrogens with zero attached hydrogens (tertiary/aromatic N) is 1. The molecule has 1 rings (SSSR count). The van der Waals surface area contributed by atoms with Crippen molar-refractivity contribution >= 4 is 5.71 Å². The van der Waals surface area contributed by atoms with Gasteiger partial charge in [0.05, 0.1) is 12.6 Å². The molecule has 0 bridgehead atoms. The highest BCUT2D eigenvalue weighted by molar-refractivity contribution is 6.03. The Labute approximate surface area is 94.3 Å². The Hall–Kier alpha value is -1.59. The van der Waals surface area contributed by atoms with Gasteiger partial charge in [-0.3, -0.25) is 0 Å². The van der Waals surface area contributed by atoms with Gasteiger partial charge in [-0.2, -0.15) is 5.48 Å². The van der Waals surface area contributed by atoms with Crippen molar-refractivity contribution in [2.24, 2.45) is 5.16 Å². The number of ether oxygens (including phenoxy) is 1. The minimum absolute atomic E-state index is 0.366. The number of hydrogen-bond donors (Lipinski definition) is 3. The van der Waals surface area contributed by atoms with Crippen molar-refractivity contribution in [1.82, 2.24) is 5.48 Å². The van der Waals surface area contributed by atoms with Crippen LogP contribution in [-0.2, 0) is 0 Å². The Morgan fingerprint density at radius 3 is 2.50 bits per heavy atom. The first-order valence-electron chi connectivity index (χ1n) is 5.07. The molecule has 3 N–H and O–H groups in total. The van der Waals surface area contributed by atoms with Gasteiger partial charge in [-0.05, 0) is 38.1 Å². The maximum absolute atomic E-state index is 8.86. The molecule has 0 aromatic heterocycles. The lowest BCUT2D eigenvalue weighted by atomic mass is 10.1. The fraction of sp³-hybridized carbons (Fsp3) is 0.364. The van der Waals surface area contributed by atoms with E-state index < -0.39 is 6.04 Å². The van der Waals surface area contributed by atoms with Crippen LogP contribution in [0.3, 0.4) is 0 Å².